The summed E-state index contributed by atoms with van der Waals surface area (Å²) in [6.07, 6.45) is -0.892. The molecule has 0 aliphatic heterocycles. The third kappa shape index (κ3) is 9.98. The van der Waals surface area contributed by atoms with Gasteiger partial charge < -0.3 is 20.7 Å². The summed E-state index contributed by atoms with van der Waals surface area (Å²) in [6, 6.07) is 13.7. The highest BCUT2D eigenvalue weighted by Gasteiger charge is 2.12. The average Bonchev–Trinajstić information content (AvgIpc) is 2.87. The van der Waals surface area contributed by atoms with E-state index in [1.54, 1.807) is 24.3 Å². The van der Waals surface area contributed by atoms with E-state index in [1.165, 1.54) is 12.1 Å². The molecule has 0 saturated carbocycles. The summed E-state index contributed by atoms with van der Waals surface area (Å²) in [6.45, 7) is -1.39. The van der Waals surface area contributed by atoms with Gasteiger partial charge in [0, 0.05) is 17.7 Å². The molecule has 14 nitrogen and oxygen atoms in total. The minimum Gasteiger partial charge on any atom is -0.443 e. The second-order valence-electron chi connectivity index (χ2n) is 6.78. The number of nitro benzene ring substituents is 1. The van der Waals surface area contributed by atoms with Crippen LogP contribution in [0.2, 0.25) is 0 Å². The summed E-state index contributed by atoms with van der Waals surface area (Å²) in [7, 11) is 0. The Bertz CT molecular complexity index is 1070. The van der Waals surface area contributed by atoms with Crippen LogP contribution in [0.4, 0.5) is 10.5 Å². The molecule has 14 heteroatoms. The number of rotatable bonds is 10. The fourth-order valence-corrected chi connectivity index (χ4v) is 2.40. The SMILES string of the molecule is O=C(CNC(=O)CNC(=O)c1ccc([N+](=O)[O-])cc1)NCC(=O)NNC(=O)OCc1ccccc1. The van der Waals surface area contributed by atoms with E-state index in [2.05, 4.69) is 16.0 Å². The first-order valence-corrected chi connectivity index (χ1v) is 10.1. The highest BCUT2D eigenvalue weighted by molar-refractivity contribution is 5.97. The van der Waals surface area contributed by atoms with E-state index in [9.17, 15) is 34.1 Å². The van der Waals surface area contributed by atoms with Gasteiger partial charge in [0.05, 0.1) is 24.6 Å². The van der Waals surface area contributed by atoms with Crippen molar-refractivity contribution in [3.8, 4) is 0 Å². The molecule has 2 aromatic carbocycles. The van der Waals surface area contributed by atoms with Gasteiger partial charge in [0.15, 0.2) is 0 Å². The first-order chi connectivity index (χ1) is 16.7. The zero-order valence-electron chi connectivity index (χ0n) is 18.2. The zero-order valence-corrected chi connectivity index (χ0v) is 18.2. The van der Waals surface area contributed by atoms with E-state index < -0.39 is 54.3 Å². The predicted octanol–water partition coefficient (Wildman–Crippen LogP) is -0.485. The molecule has 0 spiro atoms. The second kappa shape index (κ2) is 13.5. The van der Waals surface area contributed by atoms with Crippen molar-refractivity contribution >= 4 is 35.4 Å². The van der Waals surface area contributed by atoms with Crippen LogP contribution < -0.4 is 26.8 Å². The van der Waals surface area contributed by atoms with Gasteiger partial charge in [-0.2, -0.15) is 0 Å². The van der Waals surface area contributed by atoms with Crippen molar-refractivity contribution in [2.75, 3.05) is 19.6 Å². The Kier molecular flexibility index (Phi) is 10.1. The Morgan fingerprint density at radius 3 is 1.91 bits per heavy atom. The van der Waals surface area contributed by atoms with Crippen LogP contribution in [-0.4, -0.2) is 54.3 Å². The molecular formula is C21H22N6O8. The monoisotopic (exact) mass is 486 g/mol. The van der Waals surface area contributed by atoms with E-state index in [0.717, 1.165) is 17.7 Å². The Morgan fingerprint density at radius 1 is 0.743 bits per heavy atom. The lowest BCUT2D eigenvalue weighted by molar-refractivity contribution is -0.384. The van der Waals surface area contributed by atoms with Gasteiger partial charge in [-0.3, -0.25) is 34.7 Å². The maximum atomic E-state index is 11.9. The van der Waals surface area contributed by atoms with Gasteiger partial charge in [-0.25, -0.2) is 10.2 Å². The molecule has 0 unspecified atom stereocenters. The molecule has 2 rings (SSSR count). The number of amides is 5. The molecule has 0 saturated heterocycles. The first-order valence-electron chi connectivity index (χ1n) is 10.1. The highest BCUT2D eigenvalue weighted by atomic mass is 16.6. The maximum Gasteiger partial charge on any atom is 0.426 e. The summed E-state index contributed by atoms with van der Waals surface area (Å²) in [5, 5.41) is 17.4. The van der Waals surface area contributed by atoms with Crippen LogP contribution in [0.3, 0.4) is 0 Å². The number of hydrogen-bond acceptors (Lipinski definition) is 8. The van der Waals surface area contributed by atoms with E-state index in [4.69, 9.17) is 4.74 Å². The average molecular weight is 486 g/mol. The van der Waals surface area contributed by atoms with E-state index in [0.29, 0.717) is 0 Å². The lowest BCUT2D eigenvalue weighted by Crippen LogP contribution is -2.48. The number of non-ortho nitro benzene ring substituents is 1. The second-order valence-corrected chi connectivity index (χ2v) is 6.78. The molecule has 5 N–H and O–H groups in total. The molecule has 0 heterocycles. The van der Waals surface area contributed by atoms with Gasteiger partial charge in [0.1, 0.15) is 6.61 Å². The van der Waals surface area contributed by atoms with Gasteiger partial charge >= 0.3 is 6.09 Å². The number of carbonyl (C=O) groups is 5. The van der Waals surface area contributed by atoms with Crippen molar-refractivity contribution in [3.05, 3.63) is 75.8 Å². The number of nitro groups is 1. The van der Waals surface area contributed by atoms with Gasteiger partial charge in [-0.15, -0.1) is 0 Å². The Morgan fingerprint density at radius 2 is 1.31 bits per heavy atom. The normalized spacial score (nSPS) is 9.83. The molecule has 0 fully saturated rings. The number of hydrogen-bond donors (Lipinski definition) is 5. The molecule has 0 aliphatic rings. The van der Waals surface area contributed by atoms with Crippen molar-refractivity contribution in [1.29, 1.82) is 0 Å². The van der Waals surface area contributed by atoms with Crippen LogP contribution in [0.25, 0.3) is 0 Å². The molecule has 0 aliphatic carbocycles. The van der Waals surface area contributed by atoms with Crippen LogP contribution in [0.15, 0.2) is 54.6 Å². The lowest BCUT2D eigenvalue weighted by Gasteiger charge is -2.10. The molecule has 0 atom stereocenters. The summed E-state index contributed by atoms with van der Waals surface area (Å²) in [5.41, 5.74) is 4.76. The molecule has 35 heavy (non-hydrogen) atoms. The van der Waals surface area contributed by atoms with Crippen molar-refractivity contribution in [1.82, 2.24) is 26.8 Å². The van der Waals surface area contributed by atoms with E-state index in [1.807, 2.05) is 16.9 Å². The Balaban J connectivity index is 1.57. The van der Waals surface area contributed by atoms with Crippen LogP contribution in [-0.2, 0) is 25.7 Å². The number of carbonyl (C=O) groups excluding carboxylic acids is 5. The largest absolute Gasteiger partial charge is 0.443 e. The summed E-state index contributed by atoms with van der Waals surface area (Å²) >= 11 is 0. The molecule has 0 radical (unpaired) electrons. The molecule has 5 amide bonds. The number of nitrogens with one attached hydrogen (secondary N) is 5. The standard InChI is InChI=1S/C21H22N6O8/c28-17(23-12-19(30)25-26-21(32)35-13-14-4-2-1-3-5-14)10-22-18(29)11-24-20(31)15-6-8-16(9-7-15)27(33)34/h1-9H,10-13H2,(H,22,29)(H,23,28)(H,24,31)(H,25,30)(H,26,32). The van der Waals surface area contributed by atoms with Gasteiger partial charge in [-0.05, 0) is 17.7 Å². The Labute approximate surface area is 198 Å². The number of hydrazine groups is 1. The fourth-order valence-electron chi connectivity index (χ4n) is 2.40. The van der Waals surface area contributed by atoms with Gasteiger partial charge in [0.25, 0.3) is 17.5 Å². The first kappa shape index (κ1) is 26.2. The van der Waals surface area contributed by atoms with Crippen molar-refractivity contribution in [2.45, 2.75) is 6.61 Å². The van der Waals surface area contributed by atoms with Crippen LogP contribution in [0, 0.1) is 10.1 Å². The minimum absolute atomic E-state index is 0.00725. The predicted molar refractivity (Wildman–Crippen MR) is 119 cm³/mol. The van der Waals surface area contributed by atoms with Crippen molar-refractivity contribution in [3.63, 3.8) is 0 Å². The van der Waals surface area contributed by atoms with Gasteiger partial charge in [-0.1, -0.05) is 30.3 Å². The zero-order chi connectivity index (χ0) is 25.6. The Hall–Kier alpha value is -5.01. The molecule has 0 bridgehead atoms. The van der Waals surface area contributed by atoms with Gasteiger partial charge in [0.2, 0.25) is 11.8 Å². The maximum absolute atomic E-state index is 11.9. The third-order valence-electron chi connectivity index (χ3n) is 4.16. The number of nitrogens with zero attached hydrogens (tertiary/aromatic N) is 1. The lowest BCUT2D eigenvalue weighted by atomic mass is 10.2. The molecule has 0 aromatic heterocycles. The highest BCUT2D eigenvalue weighted by Crippen LogP contribution is 2.11. The van der Waals surface area contributed by atoms with Crippen LogP contribution in [0.5, 0.6) is 0 Å². The van der Waals surface area contributed by atoms with Crippen molar-refractivity contribution < 1.29 is 33.6 Å². The summed E-state index contributed by atoms with van der Waals surface area (Å²) in [5.74, 6) is -2.74. The molecular weight excluding hydrogens is 464 g/mol. The van der Waals surface area contributed by atoms with Crippen LogP contribution in [0.1, 0.15) is 15.9 Å². The number of ether oxygens (including phenoxy) is 1. The molecule has 2 aromatic rings. The van der Waals surface area contributed by atoms with Crippen molar-refractivity contribution in [2.24, 2.45) is 0 Å². The van der Waals surface area contributed by atoms with E-state index in [-0.39, 0.29) is 17.9 Å². The summed E-state index contributed by atoms with van der Waals surface area (Å²) < 4.78 is 4.90. The van der Waals surface area contributed by atoms with Crippen LogP contribution >= 0.6 is 0 Å². The third-order valence-corrected chi connectivity index (χ3v) is 4.16. The number of benzene rings is 2. The molecule has 184 valence electrons. The summed E-state index contributed by atoms with van der Waals surface area (Å²) in [4.78, 5) is 68.7. The minimum atomic E-state index is -0.892. The topological polar surface area (TPSA) is 198 Å². The quantitative estimate of drug-likeness (QED) is 0.219. The van der Waals surface area contributed by atoms with E-state index >= 15 is 0 Å². The fraction of sp³-hybridized carbons (Fsp3) is 0.190. The smallest absolute Gasteiger partial charge is 0.426 e.